The maximum absolute atomic E-state index is 14.6. The molecule has 3 amide bonds. The number of rotatable bonds is 21. The number of nitrogens with one attached hydrogen (secondary N) is 2. The summed E-state index contributed by atoms with van der Waals surface area (Å²) in [6.07, 6.45) is -5.78. The normalized spacial score (nSPS) is 24.8. The van der Waals surface area contributed by atoms with Gasteiger partial charge in [-0.25, -0.2) is 14.4 Å². The first-order valence-corrected chi connectivity index (χ1v) is 28.2. The summed E-state index contributed by atoms with van der Waals surface area (Å²) in [7, 11) is 0. The summed E-state index contributed by atoms with van der Waals surface area (Å²) in [6.45, 7) is 2.15. The second kappa shape index (κ2) is 28.3. The zero-order valence-corrected chi connectivity index (χ0v) is 45.8. The highest BCUT2D eigenvalue weighted by molar-refractivity contribution is 5.69. The van der Waals surface area contributed by atoms with Crippen molar-refractivity contribution in [2.24, 2.45) is 5.11 Å². The van der Waals surface area contributed by atoms with Gasteiger partial charge in [0.05, 0.1) is 43.5 Å². The standard InChI is InChI=1S/C64H70N6O12/c1-44(70(38-45-23-9-2-10-24-45)63(73)78-43-50-33-19-7-20-34-50)55-52(74-39-46-25-11-3-12-26-46)37-51(68-69-65)60(79-55)80-57-53(66-61(71)76-41-48-29-15-5-16-30-48)56(75-40-47-27-13-4-14-28-47)54(67-62(72)77-42-49-31-17-6-18-32-49)58-59(57)82-64(81-58)35-21-8-22-36-64/h2-7,9-20,23-34,44,51-60H,8,21-22,35-43H2,1H3,(H,66,71)(H,67,72)/t44-,51+,52-,53-,54+,55+,56-,57+,58-,59-,60?/m0/s1. The molecular formula is C64H70N6O12. The number of alkyl carbamates (subject to hydrolysis) is 2. The van der Waals surface area contributed by atoms with Crippen LogP contribution in [-0.2, 0) is 82.2 Å². The monoisotopic (exact) mass is 1110 g/mol. The van der Waals surface area contributed by atoms with Crippen molar-refractivity contribution in [2.75, 3.05) is 0 Å². The smallest absolute Gasteiger partial charge is 0.410 e. The van der Waals surface area contributed by atoms with Crippen LogP contribution in [0.2, 0.25) is 0 Å². The molecule has 1 spiro atoms. The van der Waals surface area contributed by atoms with Gasteiger partial charge in [0.15, 0.2) is 12.1 Å². The first-order chi connectivity index (χ1) is 40.2. The zero-order valence-electron chi connectivity index (χ0n) is 45.8. The number of carbonyl (C=O) groups is 3. The molecular weight excluding hydrogens is 1040 g/mol. The van der Waals surface area contributed by atoms with Gasteiger partial charge in [0, 0.05) is 24.3 Å². The van der Waals surface area contributed by atoms with E-state index >= 15 is 0 Å². The van der Waals surface area contributed by atoms with Crippen LogP contribution in [0.15, 0.2) is 187 Å². The molecule has 2 saturated heterocycles. The molecule has 2 aliphatic heterocycles. The Balaban J connectivity index is 1.03. The highest BCUT2D eigenvalue weighted by atomic mass is 16.8. The lowest BCUT2D eigenvalue weighted by Crippen LogP contribution is -2.73. The van der Waals surface area contributed by atoms with Crippen LogP contribution in [0.3, 0.4) is 0 Å². The van der Waals surface area contributed by atoms with Gasteiger partial charge in [-0.2, -0.15) is 0 Å². The minimum absolute atomic E-state index is 0.0198. The molecule has 2 N–H and O–H groups in total. The van der Waals surface area contributed by atoms with E-state index in [2.05, 4.69) is 20.7 Å². The molecule has 2 heterocycles. The van der Waals surface area contributed by atoms with Crippen LogP contribution < -0.4 is 10.6 Å². The average Bonchev–Trinajstić information content (AvgIpc) is 2.92. The first-order valence-electron chi connectivity index (χ1n) is 28.2. The SMILES string of the molecule is C[C@@H]([C@H]1OC(O[C@@H]2[C@@H](NC(=O)OCc3ccccc3)[C@H](OCc3ccccc3)[C@@H](NC(=O)OCc3ccccc3)[C@@H]3OC4(CCCCC4)O[C@@H]23)[C@H](N=[N+]=[N-])C[C@@H]1OCc1ccccc1)N(Cc1ccccc1)C(=O)OCc1ccccc1. The van der Waals surface area contributed by atoms with Crippen LogP contribution in [0, 0.1) is 0 Å². The van der Waals surface area contributed by atoms with Crippen molar-refractivity contribution in [3.8, 4) is 0 Å². The second-order valence-corrected chi connectivity index (χ2v) is 21.2. The van der Waals surface area contributed by atoms with Crippen molar-refractivity contribution < 1.29 is 57.0 Å². The molecule has 0 bridgehead atoms. The lowest BCUT2D eigenvalue weighted by molar-refractivity contribution is -0.287. The summed E-state index contributed by atoms with van der Waals surface area (Å²) < 4.78 is 60.4. The van der Waals surface area contributed by atoms with Crippen LogP contribution in [-0.4, -0.2) is 96.0 Å². The Hall–Kier alpha value is -7.80. The van der Waals surface area contributed by atoms with Gasteiger partial charge < -0.3 is 53.3 Å². The maximum atomic E-state index is 14.6. The van der Waals surface area contributed by atoms with E-state index in [1.807, 2.05) is 189 Å². The van der Waals surface area contributed by atoms with Gasteiger partial charge in [0.1, 0.15) is 50.3 Å². The van der Waals surface area contributed by atoms with Gasteiger partial charge in [-0.3, -0.25) is 4.90 Å². The van der Waals surface area contributed by atoms with Gasteiger partial charge in [0.2, 0.25) is 0 Å². The van der Waals surface area contributed by atoms with Crippen molar-refractivity contribution in [2.45, 2.75) is 158 Å². The second-order valence-electron chi connectivity index (χ2n) is 21.2. The maximum Gasteiger partial charge on any atom is 0.410 e. The molecule has 2 saturated carbocycles. The molecule has 18 heteroatoms. The minimum Gasteiger partial charge on any atom is -0.445 e. The van der Waals surface area contributed by atoms with Crippen LogP contribution >= 0.6 is 0 Å². The Morgan fingerprint density at radius 3 is 1.55 bits per heavy atom. The third-order valence-electron chi connectivity index (χ3n) is 15.5. The molecule has 4 fully saturated rings. The van der Waals surface area contributed by atoms with Crippen molar-refractivity contribution >= 4 is 18.3 Å². The number of nitrogens with zero attached hydrogens (tertiary/aromatic N) is 4. The van der Waals surface area contributed by atoms with E-state index in [9.17, 15) is 19.9 Å². The molecule has 82 heavy (non-hydrogen) atoms. The van der Waals surface area contributed by atoms with Crippen molar-refractivity contribution in [3.63, 3.8) is 0 Å². The van der Waals surface area contributed by atoms with E-state index < -0.39 is 91.1 Å². The summed E-state index contributed by atoms with van der Waals surface area (Å²) in [4.78, 5) is 48.3. The van der Waals surface area contributed by atoms with E-state index in [1.165, 1.54) is 0 Å². The minimum atomic E-state index is -1.37. The highest BCUT2D eigenvalue weighted by Crippen LogP contribution is 2.47. The van der Waals surface area contributed by atoms with E-state index in [1.54, 1.807) is 4.90 Å². The number of hydrogen-bond donors (Lipinski definition) is 2. The molecule has 1 unspecified atom stereocenters. The summed E-state index contributed by atoms with van der Waals surface area (Å²) >= 11 is 0. The molecule has 2 aliphatic carbocycles. The number of ether oxygens (including phenoxy) is 9. The van der Waals surface area contributed by atoms with Gasteiger partial charge in [-0.05, 0) is 65.1 Å². The topological polar surface area (TPSA) is 210 Å². The molecule has 18 nitrogen and oxygen atoms in total. The fourth-order valence-corrected chi connectivity index (χ4v) is 11.3. The van der Waals surface area contributed by atoms with Crippen LogP contribution in [0.1, 0.15) is 78.8 Å². The lowest BCUT2D eigenvalue weighted by Gasteiger charge is -2.50. The van der Waals surface area contributed by atoms with Crippen LogP contribution in [0.25, 0.3) is 10.4 Å². The van der Waals surface area contributed by atoms with Gasteiger partial charge in [-0.15, -0.1) is 0 Å². The van der Waals surface area contributed by atoms with Gasteiger partial charge >= 0.3 is 18.3 Å². The molecule has 6 aromatic rings. The van der Waals surface area contributed by atoms with Crippen molar-refractivity contribution in [1.29, 1.82) is 0 Å². The van der Waals surface area contributed by atoms with Crippen molar-refractivity contribution in [3.05, 3.63) is 226 Å². The predicted octanol–water partition coefficient (Wildman–Crippen LogP) is 11.6. The number of amides is 3. The Kier molecular flexibility index (Phi) is 19.8. The summed E-state index contributed by atoms with van der Waals surface area (Å²) in [5.41, 5.74) is 15.2. The number of hydrogen-bond acceptors (Lipinski definition) is 13. The Morgan fingerprint density at radius 2 is 1.04 bits per heavy atom. The van der Waals surface area contributed by atoms with Gasteiger partial charge in [0.25, 0.3) is 0 Å². The van der Waals surface area contributed by atoms with Crippen LogP contribution in [0.4, 0.5) is 14.4 Å². The third-order valence-corrected chi connectivity index (χ3v) is 15.5. The quantitative estimate of drug-likeness (QED) is 0.0298. The number of fused-ring (bicyclic) bond motifs is 1. The molecule has 0 aromatic heterocycles. The fourth-order valence-electron chi connectivity index (χ4n) is 11.3. The van der Waals surface area contributed by atoms with E-state index in [-0.39, 0.29) is 46.0 Å². The third kappa shape index (κ3) is 15.0. The van der Waals surface area contributed by atoms with E-state index in [0.29, 0.717) is 12.8 Å². The van der Waals surface area contributed by atoms with Crippen molar-refractivity contribution in [1.82, 2.24) is 15.5 Å². The number of carbonyl (C=O) groups excluding carboxylic acids is 3. The summed E-state index contributed by atoms with van der Waals surface area (Å²) in [5, 5.41) is 10.5. The first kappa shape index (κ1) is 57.4. The molecule has 428 valence electrons. The van der Waals surface area contributed by atoms with E-state index in [4.69, 9.17) is 42.6 Å². The molecule has 0 radical (unpaired) electrons. The largest absolute Gasteiger partial charge is 0.445 e. The summed E-state index contributed by atoms with van der Waals surface area (Å²) in [6, 6.07) is 52.8. The van der Waals surface area contributed by atoms with Gasteiger partial charge in [-0.1, -0.05) is 194 Å². The molecule has 4 aliphatic rings. The molecule has 6 aromatic carbocycles. The Bertz CT molecular complexity index is 3000. The zero-order chi connectivity index (χ0) is 56.5. The van der Waals surface area contributed by atoms with E-state index in [0.717, 1.165) is 52.6 Å². The predicted molar refractivity (Wildman–Crippen MR) is 302 cm³/mol. The average molecular weight is 1120 g/mol. The number of azide groups is 1. The highest BCUT2D eigenvalue weighted by Gasteiger charge is 2.63. The Labute approximate surface area is 477 Å². The lowest BCUT2D eigenvalue weighted by atomic mass is 9.81. The Morgan fingerprint density at radius 1 is 0.585 bits per heavy atom. The molecule has 10 rings (SSSR count). The molecule has 11 atom stereocenters. The number of benzene rings is 6. The summed E-state index contributed by atoms with van der Waals surface area (Å²) in [5.74, 6) is -1.10. The van der Waals surface area contributed by atoms with Crippen LogP contribution in [0.5, 0.6) is 0 Å². The fraction of sp³-hybridized carbons (Fsp3) is 0.391.